The molecule has 174 valence electrons. The lowest BCUT2D eigenvalue weighted by Gasteiger charge is -2.50. The smallest absolute Gasteiger partial charge is 0.380 e. The van der Waals surface area contributed by atoms with Crippen molar-refractivity contribution in [2.45, 2.75) is 115 Å². The van der Waals surface area contributed by atoms with E-state index in [2.05, 4.69) is 6.92 Å². The maximum atomic E-state index is 12.5. The number of ether oxygens (including phenoxy) is 3. The minimum atomic E-state index is -1.99. The number of esters is 2. The molecule has 2 aliphatic rings. The van der Waals surface area contributed by atoms with Gasteiger partial charge in [0.05, 0.1) is 19.1 Å². The maximum Gasteiger partial charge on any atom is 0.380 e. The zero-order valence-electron chi connectivity index (χ0n) is 18.3. The zero-order valence-corrected chi connectivity index (χ0v) is 18.3. The van der Waals surface area contributed by atoms with Crippen LogP contribution in [0, 0.1) is 5.92 Å². The number of aliphatic hydroxyl groups excluding tert-OH is 3. The summed E-state index contributed by atoms with van der Waals surface area (Å²) in [6.45, 7) is 3.27. The predicted molar refractivity (Wildman–Crippen MR) is 108 cm³/mol. The molecule has 0 spiro atoms. The minimum Gasteiger partial charge on any atom is -0.452 e. The summed E-state index contributed by atoms with van der Waals surface area (Å²) in [7, 11) is 0. The van der Waals surface area contributed by atoms with Crippen LogP contribution in [0.2, 0.25) is 0 Å². The fourth-order valence-electron chi connectivity index (χ4n) is 4.16. The van der Waals surface area contributed by atoms with E-state index < -0.39 is 54.7 Å². The molecule has 0 saturated carbocycles. The van der Waals surface area contributed by atoms with Crippen LogP contribution in [0.3, 0.4) is 0 Å². The first-order valence-corrected chi connectivity index (χ1v) is 11.4. The Kier molecular flexibility index (Phi) is 10.0. The summed E-state index contributed by atoms with van der Waals surface area (Å²) in [5.74, 6) is -3.98. The molecule has 6 atom stereocenters. The van der Waals surface area contributed by atoms with Crippen LogP contribution in [0.5, 0.6) is 0 Å². The molecule has 2 saturated heterocycles. The van der Waals surface area contributed by atoms with Crippen molar-refractivity contribution >= 4 is 11.9 Å². The molecule has 0 aromatic heterocycles. The number of hydrogen-bond donors (Lipinski definition) is 3. The Morgan fingerprint density at radius 3 is 2.37 bits per heavy atom. The molecule has 0 amide bonds. The van der Waals surface area contributed by atoms with E-state index >= 15 is 0 Å². The van der Waals surface area contributed by atoms with E-state index in [1.165, 1.54) is 32.1 Å². The molecule has 8 heteroatoms. The van der Waals surface area contributed by atoms with E-state index in [0.717, 1.165) is 19.3 Å². The summed E-state index contributed by atoms with van der Waals surface area (Å²) < 4.78 is 16.4. The molecule has 2 rings (SSSR count). The normalized spacial score (nSPS) is 31.8. The van der Waals surface area contributed by atoms with E-state index in [1.54, 1.807) is 6.92 Å². The number of carbonyl (C=O) groups excluding carboxylic acids is 2. The molecule has 2 aliphatic heterocycles. The second kappa shape index (κ2) is 12.0. The van der Waals surface area contributed by atoms with Crippen LogP contribution in [0.4, 0.5) is 0 Å². The quantitative estimate of drug-likeness (QED) is 0.300. The van der Waals surface area contributed by atoms with Gasteiger partial charge in [-0.3, -0.25) is 4.79 Å². The molecule has 2 heterocycles. The summed E-state index contributed by atoms with van der Waals surface area (Å²) in [5, 5.41) is 29.5. The third kappa shape index (κ3) is 6.39. The zero-order chi connectivity index (χ0) is 22.1. The van der Waals surface area contributed by atoms with Crippen molar-refractivity contribution in [1.82, 2.24) is 0 Å². The second-order valence-corrected chi connectivity index (χ2v) is 8.64. The number of cyclic esters (lactones) is 1. The van der Waals surface area contributed by atoms with Crippen molar-refractivity contribution < 1.29 is 39.1 Å². The van der Waals surface area contributed by atoms with Crippen molar-refractivity contribution in [3.8, 4) is 0 Å². The lowest BCUT2D eigenvalue weighted by Crippen LogP contribution is -2.67. The largest absolute Gasteiger partial charge is 0.452 e. The van der Waals surface area contributed by atoms with Crippen LogP contribution in [0.25, 0.3) is 0 Å². The van der Waals surface area contributed by atoms with E-state index in [0.29, 0.717) is 6.42 Å². The first-order valence-electron chi connectivity index (χ1n) is 11.4. The van der Waals surface area contributed by atoms with Gasteiger partial charge in [0, 0.05) is 12.3 Å². The van der Waals surface area contributed by atoms with E-state index in [-0.39, 0.29) is 12.8 Å². The Bertz CT molecular complexity index is 553. The van der Waals surface area contributed by atoms with Gasteiger partial charge in [-0.1, -0.05) is 65.2 Å². The highest BCUT2D eigenvalue weighted by molar-refractivity contribution is 5.83. The lowest BCUT2D eigenvalue weighted by molar-refractivity contribution is -0.339. The number of hydrogen-bond acceptors (Lipinski definition) is 8. The molecule has 0 aromatic carbocycles. The molecule has 0 aromatic rings. The molecular formula is C22H38O8. The van der Waals surface area contributed by atoms with Gasteiger partial charge in [-0.2, -0.15) is 0 Å². The summed E-state index contributed by atoms with van der Waals surface area (Å²) in [6, 6.07) is 0. The SMILES string of the molecule is CCCCCCCCCCCC(=O)O[C@@]12C[C@H](O)[C@@H](C)[C@@H](O1)[C@@H]([C@H](O)CO)OC2=O. The monoisotopic (exact) mass is 430 g/mol. The molecule has 0 unspecified atom stereocenters. The molecule has 0 aliphatic carbocycles. The summed E-state index contributed by atoms with van der Waals surface area (Å²) in [4.78, 5) is 24.9. The molecule has 0 radical (unpaired) electrons. The van der Waals surface area contributed by atoms with Gasteiger partial charge in [0.15, 0.2) is 6.10 Å². The summed E-state index contributed by atoms with van der Waals surface area (Å²) in [6.07, 6.45) is 5.68. The first kappa shape index (κ1) is 25.0. The third-order valence-electron chi connectivity index (χ3n) is 6.14. The molecule has 2 bridgehead atoms. The average molecular weight is 431 g/mol. The lowest BCUT2D eigenvalue weighted by atomic mass is 9.83. The number of aliphatic hydroxyl groups is 3. The fraction of sp³-hybridized carbons (Fsp3) is 0.909. The average Bonchev–Trinajstić information content (AvgIpc) is 2.72. The van der Waals surface area contributed by atoms with Gasteiger partial charge >= 0.3 is 17.7 Å². The van der Waals surface area contributed by atoms with Crippen molar-refractivity contribution in [1.29, 1.82) is 0 Å². The van der Waals surface area contributed by atoms with Crippen molar-refractivity contribution in [2.75, 3.05) is 6.61 Å². The Morgan fingerprint density at radius 1 is 1.17 bits per heavy atom. The Labute approximate surface area is 178 Å². The minimum absolute atomic E-state index is 0.160. The van der Waals surface area contributed by atoms with Gasteiger partial charge < -0.3 is 29.5 Å². The Morgan fingerprint density at radius 2 is 1.77 bits per heavy atom. The predicted octanol–water partition coefficient (Wildman–Crippen LogP) is 2.21. The molecule has 8 nitrogen and oxygen atoms in total. The van der Waals surface area contributed by atoms with Crippen molar-refractivity contribution in [3.05, 3.63) is 0 Å². The number of fused-ring (bicyclic) bond motifs is 2. The fourth-order valence-corrected chi connectivity index (χ4v) is 4.16. The maximum absolute atomic E-state index is 12.5. The van der Waals surface area contributed by atoms with E-state index in [9.17, 15) is 24.9 Å². The van der Waals surface area contributed by atoms with Crippen molar-refractivity contribution in [3.63, 3.8) is 0 Å². The van der Waals surface area contributed by atoms with Crippen LogP contribution in [0.15, 0.2) is 0 Å². The van der Waals surface area contributed by atoms with E-state index in [4.69, 9.17) is 14.2 Å². The third-order valence-corrected chi connectivity index (χ3v) is 6.14. The van der Waals surface area contributed by atoms with Crippen LogP contribution in [0.1, 0.15) is 84.5 Å². The second-order valence-electron chi connectivity index (χ2n) is 8.64. The molecule has 30 heavy (non-hydrogen) atoms. The van der Waals surface area contributed by atoms with Gasteiger partial charge in [0.25, 0.3) is 0 Å². The van der Waals surface area contributed by atoms with Gasteiger partial charge in [-0.15, -0.1) is 0 Å². The summed E-state index contributed by atoms with van der Waals surface area (Å²) >= 11 is 0. The topological polar surface area (TPSA) is 123 Å². The summed E-state index contributed by atoms with van der Waals surface area (Å²) in [5.41, 5.74) is 0. The first-order chi connectivity index (χ1) is 14.3. The van der Waals surface area contributed by atoms with Gasteiger partial charge in [-0.25, -0.2) is 4.79 Å². The highest BCUT2D eigenvalue weighted by atomic mass is 16.8. The highest BCUT2D eigenvalue weighted by Gasteiger charge is 2.61. The van der Waals surface area contributed by atoms with Crippen molar-refractivity contribution in [2.24, 2.45) is 5.92 Å². The number of rotatable bonds is 13. The number of unbranched alkanes of at least 4 members (excludes halogenated alkanes) is 8. The number of carbonyl (C=O) groups is 2. The van der Waals surface area contributed by atoms with E-state index in [1.807, 2.05) is 0 Å². The highest BCUT2D eigenvalue weighted by Crippen LogP contribution is 2.41. The van der Waals surface area contributed by atoms with Gasteiger partial charge in [-0.05, 0) is 6.42 Å². The van der Waals surface area contributed by atoms with Crippen LogP contribution < -0.4 is 0 Å². The Balaban J connectivity index is 1.80. The van der Waals surface area contributed by atoms with Gasteiger partial charge in [0.2, 0.25) is 0 Å². The molecule has 2 fully saturated rings. The van der Waals surface area contributed by atoms with Crippen LogP contribution in [-0.4, -0.2) is 64.1 Å². The van der Waals surface area contributed by atoms with Crippen LogP contribution in [-0.2, 0) is 23.8 Å². The molecular weight excluding hydrogens is 392 g/mol. The Hall–Kier alpha value is -1.22. The molecule has 3 N–H and O–H groups in total. The van der Waals surface area contributed by atoms with Gasteiger partial charge in [0.1, 0.15) is 12.2 Å². The van der Waals surface area contributed by atoms with Crippen LogP contribution >= 0.6 is 0 Å². The standard InChI is InChI=1S/C22H38O8/c1-3-4-5-6-7-8-9-10-11-12-18(26)29-22-13-16(24)15(2)19(30-22)20(17(25)14-23)28-21(22)27/h15-17,19-20,23-25H,3-14H2,1-2H3/t15-,16+,17-,19-,20-,22+/m1/s1.